The highest BCUT2D eigenvalue weighted by Crippen LogP contribution is 2.02. The van der Waals surface area contributed by atoms with Gasteiger partial charge in [-0.2, -0.15) is 0 Å². The van der Waals surface area contributed by atoms with Crippen molar-refractivity contribution in [2.45, 2.75) is 13.2 Å². The van der Waals surface area contributed by atoms with Gasteiger partial charge in [-0.25, -0.2) is 0 Å². The molecule has 1 heterocycles. The summed E-state index contributed by atoms with van der Waals surface area (Å²) in [5, 5.41) is 0. The van der Waals surface area contributed by atoms with Crippen molar-refractivity contribution in [3.8, 4) is 0 Å². The van der Waals surface area contributed by atoms with Crippen LogP contribution in [-0.2, 0) is 9.53 Å². The van der Waals surface area contributed by atoms with E-state index in [1.807, 2.05) is 0 Å². The summed E-state index contributed by atoms with van der Waals surface area (Å²) in [4.78, 5) is 20.6. The van der Waals surface area contributed by atoms with Gasteiger partial charge in [0.05, 0.1) is 0 Å². The first kappa shape index (κ1) is 8.52. The van der Waals surface area contributed by atoms with E-state index in [4.69, 9.17) is 0 Å². The SMILES string of the molecule is CC(OC=O)n1ccc(=O)cc1. The first-order chi connectivity index (χ1) is 5.74. The molecule has 1 rings (SSSR count). The molecule has 4 nitrogen and oxygen atoms in total. The molecule has 4 heteroatoms. The number of hydrogen-bond donors (Lipinski definition) is 0. The maximum Gasteiger partial charge on any atom is 0.295 e. The number of ether oxygens (including phenoxy) is 1. The molecule has 0 aliphatic carbocycles. The van der Waals surface area contributed by atoms with E-state index in [1.54, 1.807) is 23.9 Å². The molecule has 0 aliphatic heterocycles. The Bertz CT molecular complexity index is 298. The Hall–Kier alpha value is -1.58. The molecule has 1 atom stereocenters. The van der Waals surface area contributed by atoms with Crippen molar-refractivity contribution in [3.63, 3.8) is 0 Å². The van der Waals surface area contributed by atoms with Gasteiger partial charge in [0.1, 0.15) is 0 Å². The lowest BCUT2D eigenvalue weighted by molar-refractivity contribution is -0.136. The minimum Gasteiger partial charge on any atom is -0.444 e. The van der Waals surface area contributed by atoms with Crippen molar-refractivity contribution in [3.05, 3.63) is 34.7 Å². The zero-order valence-electron chi connectivity index (χ0n) is 6.64. The molecule has 1 unspecified atom stereocenters. The Morgan fingerprint density at radius 1 is 1.50 bits per heavy atom. The number of rotatable bonds is 3. The van der Waals surface area contributed by atoms with Crippen molar-refractivity contribution >= 4 is 6.47 Å². The summed E-state index contributed by atoms with van der Waals surface area (Å²) >= 11 is 0. The highest BCUT2D eigenvalue weighted by Gasteiger charge is 1.99. The van der Waals surface area contributed by atoms with Crippen LogP contribution in [-0.4, -0.2) is 11.0 Å². The standard InChI is InChI=1S/C8H9NO3/c1-7(12-6-10)9-4-2-8(11)3-5-9/h2-7H,1H3. The number of carbonyl (C=O) groups is 1. The van der Waals surface area contributed by atoms with Gasteiger partial charge in [0.2, 0.25) is 0 Å². The molecule has 0 amide bonds. The Balaban J connectivity index is 2.81. The molecule has 1 aromatic heterocycles. The molecule has 0 fully saturated rings. The predicted octanol–water partition coefficient (Wildman–Crippen LogP) is 0.540. The largest absolute Gasteiger partial charge is 0.444 e. The third-order valence-electron chi connectivity index (χ3n) is 1.49. The van der Waals surface area contributed by atoms with E-state index >= 15 is 0 Å². The smallest absolute Gasteiger partial charge is 0.295 e. The van der Waals surface area contributed by atoms with E-state index in [0.717, 1.165) is 0 Å². The van der Waals surface area contributed by atoms with Crippen LogP contribution in [0.5, 0.6) is 0 Å². The van der Waals surface area contributed by atoms with Gasteiger partial charge in [0, 0.05) is 24.5 Å². The third-order valence-corrected chi connectivity index (χ3v) is 1.49. The van der Waals surface area contributed by atoms with Crippen molar-refractivity contribution in [2.24, 2.45) is 0 Å². The van der Waals surface area contributed by atoms with Crippen LogP contribution >= 0.6 is 0 Å². The minimum absolute atomic E-state index is 0.0652. The Kier molecular flexibility index (Phi) is 2.63. The molecule has 0 aromatic carbocycles. The normalized spacial score (nSPS) is 12.1. The first-order valence-corrected chi connectivity index (χ1v) is 3.51. The topological polar surface area (TPSA) is 48.3 Å². The maximum absolute atomic E-state index is 10.7. The summed E-state index contributed by atoms with van der Waals surface area (Å²) in [5.74, 6) is 0. The van der Waals surface area contributed by atoms with E-state index in [1.165, 1.54) is 12.1 Å². The highest BCUT2D eigenvalue weighted by molar-refractivity contribution is 5.37. The van der Waals surface area contributed by atoms with Crippen molar-refractivity contribution in [1.82, 2.24) is 4.57 Å². The fourth-order valence-electron chi connectivity index (χ4n) is 0.817. The summed E-state index contributed by atoms with van der Waals surface area (Å²) in [5.41, 5.74) is -0.0652. The van der Waals surface area contributed by atoms with Crippen LogP contribution in [0.2, 0.25) is 0 Å². The Morgan fingerprint density at radius 2 is 2.08 bits per heavy atom. The molecule has 64 valence electrons. The molecule has 0 N–H and O–H groups in total. The molecule has 0 aliphatic rings. The Morgan fingerprint density at radius 3 is 2.58 bits per heavy atom. The van der Waals surface area contributed by atoms with Gasteiger partial charge in [-0.1, -0.05) is 0 Å². The predicted molar refractivity (Wildman–Crippen MR) is 42.6 cm³/mol. The molecule has 0 saturated carbocycles. The van der Waals surface area contributed by atoms with Crippen LogP contribution < -0.4 is 5.43 Å². The molecule has 0 spiro atoms. The molecule has 0 radical (unpaired) electrons. The summed E-state index contributed by atoms with van der Waals surface area (Å²) in [6, 6.07) is 2.81. The quantitative estimate of drug-likeness (QED) is 0.617. The molecule has 12 heavy (non-hydrogen) atoms. The Labute approximate surface area is 69.4 Å². The number of carbonyl (C=O) groups excluding carboxylic acids is 1. The maximum atomic E-state index is 10.7. The third kappa shape index (κ3) is 1.95. The number of hydrogen-bond acceptors (Lipinski definition) is 3. The van der Waals surface area contributed by atoms with Crippen LogP contribution in [0.15, 0.2) is 29.3 Å². The van der Waals surface area contributed by atoms with Gasteiger partial charge < -0.3 is 9.30 Å². The van der Waals surface area contributed by atoms with E-state index < -0.39 is 0 Å². The second-order valence-electron chi connectivity index (χ2n) is 2.31. The van der Waals surface area contributed by atoms with Crippen LogP contribution in [0, 0.1) is 0 Å². The van der Waals surface area contributed by atoms with Gasteiger partial charge in [0.25, 0.3) is 6.47 Å². The summed E-state index contributed by atoms with van der Waals surface area (Å²) in [6.45, 7) is 2.08. The van der Waals surface area contributed by atoms with E-state index in [9.17, 15) is 9.59 Å². The number of nitrogens with zero attached hydrogens (tertiary/aromatic N) is 1. The summed E-state index contributed by atoms with van der Waals surface area (Å²) in [6.07, 6.45) is 2.76. The molecular weight excluding hydrogens is 158 g/mol. The first-order valence-electron chi connectivity index (χ1n) is 3.51. The van der Waals surface area contributed by atoms with Gasteiger partial charge in [-0.3, -0.25) is 9.59 Å². The highest BCUT2D eigenvalue weighted by atomic mass is 16.5. The summed E-state index contributed by atoms with van der Waals surface area (Å²) < 4.78 is 6.27. The van der Waals surface area contributed by atoms with E-state index in [-0.39, 0.29) is 11.7 Å². The van der Waals surface area contributed by atoms with Gasteiger partial charge in [-0.05, 0) is 6.92 Å². The van der Waals surface area contributed by atoms with Crippen LogP contribution in [0.25, 0.3) is 0 Å². The van der Waals surface area contributed by atoms with E-state index in [0.29, 0.717) is 6.47 Å². The minimum atomic E-state index is -0.372. The fraction of sp³-hybridized carbons (Fsp3) is 0.250. The van der Waals surface area contributed by atoms with Gasteiger partial charge in [-0.15, -0.1) is 0 Å². The zero-order valence-corrected chi connectivity index (χ0v) is 6.64. The molecule has 0 bridgehead atoms. The van der Waals surface area contributed by atoms with Crippen molar-refractivity contribution < 1.29 is 9.53 Å². The lowest BCUT2D eigenvalue weighted by Gasteiger charge is -2.12. The van der Waals surface area contributed by atoms with Crippen molar-refractivity contribution in [2.75, 3.05) is 0 Å². The zero-order chi connectivity index (χ0) is 8.97. The summed E-state index contributed by atoms with van der Waals surface area (Å²) in [7, 11) is 0. The van der Waals surface area contributed by atoms with E-state index in [2.05, 4.69) is 4.74 Å². The second-order valence-corrected chi connectivity index (χ2v) is 2.31. The van der Waals surface area contributed by atoms with Crippen LogP contribution in [0.4, 0.5) is 0 Å². The second kappa shape index (κ2) is 3.71. The average molecular weight is 167 g/mol. The van der Waals surface area contributed by atoms with Crippen molar-refractivity contribution in [1.29, 1.82) is 0 Å². The molecular formula is C8H9NO3. The van der Waals surface area contributed by atoms with Gasteiger partial charge >= 0.3 is 0 Å². The van der Waals surface area contributed by atoms with Crippen LogP contribution in [0.3, 0.4) is 0 Å². The molecule has 1 aromatic rings. The lowest BCUT2D eigenvalue weighted by atomic mass is 10.4. The van der Waals surface area contributed by atoms with Crippen LogP contribution in [0.1, 0.15) is 13.2 Å². The van der Waals surface area contributed by atoms with Gasteiger partial charge in [0.15, 0.2) is 11.7 Å². The fourth-order valence-corrected chi connectivity index (χ4v) is 0.817. The molecule has 0 saturated heterocycles. The monoisotopic (exact) mass is 167 g/mol. The number of aromatic nitrogens is 1. The lowest BCUT2D eigenvalue weighted by Crippen LogP contribution is -2.10. The average Bonchev–Trinajstić information content (AvgIpc) is 2.06. The number of pyridine rings is 1.